The fraction of sp³-hybridized carbons (Fsp3) is 0.333. The first-order valence-corrected chi connectivity index (χ1v) is 3.80. The summed E-state index contributed by atoms with van der Waals surface area (Å²) in [7, 11) is 0. The smallest absolute Gasteiger partial charge is 0.426 e. The lowest BCUT2D eigenvalue weighted by Gasteiger charge is -2.23. The summed E-state index contributed by atoms with van der Waals surface area (Å²) >= 11 is 0. The third kappa shape index (κ3) is 1.81. The maximum atomic E-state index is 13.3. The molecule has 78 valence electrons. The first-order valence-electron chi connectivity index (χ1n) is 3.80. The fourth-order valence-electron chi connectivity index (χ4n) is 0.962. The molecule has 0 aliphatic heterocycles. The van der Waals surface area contributed by atoms with Crippen molar-refractivity contribution in [3.63, 3.8) is 0 Å². The van der Waals surface area contributed by atoms with Crippen molar-refractivity contribution in [2.75, 3.05) is 0 Å². The van der Waals surface area contributed by atoms with Crippen LogP contribution in [0.2, 0.25) is 0 Å². The van der Waals surface area contributed by atoms with Crippen LogP contribution < -0.4 is 0 Å². The van der Waals surface area contributed by atoms with Gasteiger partial charge < -0.3 is 5.11 Å². The molecule has 0 fully saturated rings. The molecule has 5 heteroatoms. The van der Waals surface area contributed by atoms with E-state index in [-0.39, 0.29) is 0 Å². The summed E-state index contributed by atoms with van der Waals surface area (Å²) in [5.41, 5.74) is -4.05. The van der Waals surface area contributed by atoms with Gasteiger partial charge in [-0.1, -0.05) is 12.1 Å². The Bertz CT molecular complexity index is 330. The highest BCUT2D eigenvalue weighted by Gasteiger charge is 2.53. The van der Waals surface area contributed by atoms with Crippen molar-refractivity contribution in [3.05, 3.63) is 29.8 Å². The monoisotopic (exact) mass is 208 g/mol. The van der Waals surface area contributed by atoms with E-state index in [1.807, 2.05) is 0 Å². The molecule has 0 aliphatic carbocycles. The topological polar surface area (TPSA) is 20.2 Å². The highest BCUT2D eigenvalue weighted by Crippen LogP contribution is 2.42. The second-order valence-electron chi connectivity index (χ2n) is 3.05. The number of aromatic hydroxyl groups is 1. The average molecular weight is 208 g/mol. The van der Waals surface area contributed by atoms with E-state index in [0.717, 1.165) is 18.2 Å². The quantitative estimate of drug-likeness (QED) is 0.703. The van der Waals surface area contributed by atoms with Gasteiger partial charge in [0.1, 0.15) is 5.75 Å². The Labute approximate surface area is 78.0 Å². The van der Waals surface area contributed by atoms with Crippen molar-refractivity contribution < 1.29 is 22.7 Å². The lowest BCUT2D eigenvalue weighted by molar-refractivity contribution is -0.228. The van der Waals surface area contributed by atoms with Gasteiger partial charge in [-0.05, 0) is 19.1 Å². The van der Waals surface area contributed by atoms with E-state index in [1.165, 1.54) is 6.07 Å². The number of phenolic OH excluding ortho intramolecular Hbond substituents is 1. The van der Waals surface area contributed by atoms with Crippen LogP contribution in [0.3, 0.4) is 0 Å². The molecule has 1 rings (SSSR count). The van der Waals surface area contributed by atoms with Crippen LogP contribution in [-0.4, -0.2) is 11.3 Å². The average Bonchev–Trinajstić information content (AvgIpc) is 2.02. The summed E-state index contributed by atoms with van der Waals surface area (Å²) in [4.78, 5) is 0. The van der Waals surface area contributed by atoms with E-state index in [0.29, 0.717) is 6.92 Å². The molecular weight excluding hydrogens is 200 g/mol. The third-order valence-corrected chi connectivity index (χ3v) is 1.92. The fourth-order valence-corrected chi connectivity index (χ4v) is 0.962. The molecule has 0 spiro atoms. The van der Waals surface area contributed by atoms with Gasteiger partial charge in [0.15, 0.2) is 0 Å². The van der Waals surface area contributed by atoms with Gasteiger partial charge in [0.25, 0.3) is 0 Å². The van der Waals surface area contributed by atoms with Crippen LogP contribution in [0.1, 0.15) is 12.5 Å². The normalized spacial score (nSPS) is 16.4. The summed E-state index contributed by atoms with van der Waals surface area (Å²) in [5.74, 6) is -0.393. The van der Waals surface area contributed by atoms with E-state index in [2.05, 4.69) is 0 Å². The highest BCUT2D eigenvalue weighted by atomic mass is 19.4. The van der Waals surface area contributed by atoms with E-state index >= 15 is 0 Å². The predicted molar refractivity (Wildman–Crippen MR) is 42.6 cm³/mol. The number of phenols is 1. The summed E-state index contributed by atoms with van der Waals surface area (Å²) < 4.78 is 49.9. The Morgan fingerprint density at radius 3 is 2.14 bits per heavy atom. The zero-order chi connectivity index (χ0) is 11.0. The molecule has 0 aliphatic rings. The SMILES string of the molecule is CC(F)(c1cccc(O)c1)C(F)(F)F. The molecule has 0 aromatic heterocycles. The second kappa shape index (κ2) is 3.15. The molecule has 1 aromatic carbocycles. The van der Waals surface area contributed by atoms with Gasteiger partial charge in [0.05, 0.1) is 0 Å². The number of hydrogen-bond acceptors (Lipinski definition) is 1. The second-order valence-corrected chi connectivity index (χ2v) is 3.05. The molecular formula is C9H8F4O. The molecule has 1 aromatic rings. The molecule has 0 amide bonds. The van der Waals surface area contributed by atoms with Gasteiger partial charge in [-0.25, -0.2) is 4.39 Å². The van der Waals surface area contributed by atoms with Gasteiger partial charge in [-0.15, -0.1) is 0 Å². The van der Waals surface area contributed by atoms with Gasteiger partial charge in [-0.3, -0.25) is 0 Å². The number of alkyl halides is 4. The van der Waals surface area contributed by atoms with Crippen LogP contribution in [0, 0.1) is 0 Å². The summed E-state index contributed by atoms with van der Waals surface area (Å²) in [6.07, 6.45) is -4.99. The van der Waals surface area contributed by atoms with E-state index in [4.69, 9.17) is 5.11 Å². The molecule has 0 radical (unpaired) electrons. The van der Waals surface area contributed by atoms with Crippen molar-refractivity contribution in [1.82, 2.24) is 0 Å². The van der Waals surface area contributed by atoms with Crippen LogP contribution >= 0.6 is 0 Å². The number of hydrogen-bond donors (Lipinski definition) is 1. The van der Waals surface area contributed by atoms with Crippen molar-refractivity contribution >= 4 is 0 Å². The molecule has 14 heavy (non-hydrogen) atoms. The summed E-state index contributed by atoms with van der Waals surface area (Å²) in [5, 5.41) is 8.91. The van der Waals surface area contributed by atoms with Gasteiger partial charge in [-0.2, -0.15) is 13.2 Å². The van der Waals surface area contributed by atoms with Gasteiger partial charge >= 0.3 is 6.18 Å². The predicted octanol–water partition coefficient (Wildman–Crippen LogP) is 3.14. The van der Waals surface area contributed by atoms with Gasteiger partial charge in [0, 0.05) is 5.56 Å². The minimum Gasteiger partial charge on any atom is -0.508 e. The van der Waals surface area contributed by atoms with Crippen molar-refractivity contribution in [2.45, 2.75) is 18.8 Å². The maximum Gasteiger partial charge on any atom is 0.426 e. The largest absolute Gasteiger partial charge is 0.508 e. The first-order chi connectivity index (χ1) is 6.25. The zero-order valence-corrected chi connectivity index (χ0v) is 7.27. The van der Waals surface area contributed by atoms with Crippen LogP contribution in [0.5, 0.6) is 5.75 Å². The Hall–Kier alpha value is -1.26. The van der Waals surface area contributed by atoms with Crippen LogP contribution in [0.4, 0.5) is 17.6 Å². The summed E-state index contributed by atoms with van der Waals surface area (Å²) in [6, 6.07) is 4.07. The number of benzene rings is 1. The van der Waals surface area contributed by atoms with Gasteiger partial charge in [0.2, 0.25) is 5.67 Å². The molecule has 1 unspecified atom stereocenters. The molecule has 0 saturated carbocycles. The van der Waals surface area contributed by atoms with Crippen molar-refractivity contribution in [3.8, 4) is 5.75 Å². The Morgan fingerprint density at radius 1 is 1.14 bits per heavy atom. The molecule has 0 heterocycles. The first kappa shape index (κ1) is 10.8. The van der Waals surface area contributed by atoms with E-state index in [1.54, 1.807) is 0 Å². The van der Waals surface area contributed by atoms with Crippen LogP contribution in [0.15, 0.2) is 24.3 Å². The van der Waals surface area contributed by atoms with E-state index in [9.17, 15) is 17.6 Å². The standard InChI is InChI=1S/C9H8F4O/c1-8(10,9(11,12)13)6-3-2-4-7(14)5-6/h2-5,14H,1H3. The minimum atomic E-state index is -4.99. The molecule has 1 atom stereocenters. The van der Waals surface area contributed by atoms with Crippen LogP contribution in [-0.2, 0) is 5.67 Å². The van der Waals surface area contributed by atoms with Crippen molar-refractivity contribution in [2.24, 2.45) is 0 Å². The Kier molecular flexibility index (Phi) is 2.43. The molecule has 1 N–H and O–H groups in total. The van der Waals surface area contributed by atoms with Crippen molar-refractivity contribution in [1.29, 1.82) is 0 Å². The Morgan fingerprint density at radius 2 is 1.71 bits per heavy atom. The lowest BCUT2D eigenvalue weighted by atomic mass is 9.97. The van der Waals surface area contributed by atoms with Crippen LogP contribution in [0.25, 0.3) is 0 Å². The third-order valence-electron chi connectivity index (χ3n) is 1.92. The zero-order valence-electron chi connectivity index (χ0n) is 7.27. The van der Waals surface area contributed by atoms with E-state index < -0.39 is 23.2 Å². The maximum absolute atomic E-state index is 13.3. The summed E-state index contributed by atoms with van der Waals surface area (Å²) in [6.45, 7) is 0.418. The highest BCUT2D eigenvalue weighted by molar-refractivity contribution is 5.31. The molecule has 1 nitrogen and oxygen atoms in total. The number of rotatable bonds is 1. The molecule has 0 bridgehead atoms. The minimum absolute atomic E-state index is 0.393. The number of halogens is 4. The Balaban J connectivity index is 3.16. The molecule has 0 saturated heterocycles. The lowest BCUT2D eigenvalue weighted by Crippen LogP contribution is -2.34.